The van der Waals surface area contributed by atoms with Gasteiger partial charge in [-0.25, -0.2) is 0 Å². The molecule has 156 valence electrons. The molecule has 0 bridgehead atoms. The Balaban J connectivity index is 1.92. The number of aromatic nitrogens is 1. The molecule has 1 aromatic heterocycles. The van der Waals surface area contributed by atoms with Crippen molar-refractivity contribution >= 4 is 40.6 Å². The van der Waals surface area contributed by atoms with Crippen molar-refractivity contribution in [2.24, 2.45) is 0 Å². The topological polar surface area (TPSA) is 112 Å². The third-order valence-electron chi connectivity index (χ3n) is 4.52. The Morgan fingerprint density at radius 1 is 1.27 bits per heavy atom. The van der Waals surface area contributed by atoms with Gasteiger partial charge in [-0.1, -0.05) is 6.07 Å². The van der Waals surface area contributed by atoms with Gasteiger partial charge in [0.1, 0.15) is 6.54 Å². The van der Waals surface area contributed by atoms with E-state index < -0.39 is 28.6 Å². The number of rotatable bonds is 6. The number of carbonyl (C=O) groups excluding carboxylic acids is 3. The summed E-state index contributed by atoms with van der Waals surface area (Å²) in [5.41, 5.74) is 2.85. The zero-order chi connectivity index (χ0) is 22.0. The number of carbonyl (C=O) groups is 3. The molecule has 0 radical (unpaired) electrons. The van der Waals surface area contributed by atoms with Gasteiger partial charge in [-0.15, -0.1) is 0 Å². The van der Waals surface area contributed by atoms with E-state index in [1.807, 2.05) is 24.5 Å². The third kappa shape index (κ3) is 4.13. The SMILES string of the molecule is CCOC(=O)CN1C(=O)SC(=Cc2cc(C)n(-c3cccc([N+](=O)[O-])c3)c2C)C1=O. The van der Waals surface area contributed by atoms with Crippen molar-refractivity contribution in [1.82, 2.24) is 9.47 Å². The Morgan fingerprint density at radius 3 is 2.67 bits per heavy atom. The number of benzene rings is 1. The maximum atomic E-state index is 12.6. The molecule has 2 heterocycles. The van der Waals surface area contributed by atoms with Crippen LogP contribution in [0.3, 0.4) is 0 Å². The summed E-state index contributed by atoms with van der Waals surface area (Å²) < 4.78 is 6.64. The molecule has 0 aliphatic carbocycles. The van der Waals surface area contributed by atoms with E-state index in [1.165, 1.54) is 12.1 Å². The van der Waals surface area contributed by atoms with Gasteiger partial charge >= 0.3 is 5.97 Å². The van der Waals surface area contributed by atoms with Crippen LogP contribution in [0.15, 0.2) is 35.2 Å². The van der Waals surface area contributed by atoms with E-state index in [2.05, 4.69) is 0 Å². The van der Waals surface area contributed by atoms with Crippen molar-refractivity contribution in [1.29, 1.82) is 0 Å². The lowest BCUT2D eigenvalue weighted by Crippen LogP contribution is -2.34. The molecule has 1 aromatic carbocycles. The first-order valence-corrected chi connectivity index (χ1v) is 9.89. The summed E-state index contributed by atoms with van der Waals surface area (Å²) in [5, 5.41) is 10.5. The molecule has 0 atom stereocenters. The van der Waals surface area contributed by atoms with Crippen molar-refractivity contribution in [2.45, 2.75) is 20.8 Å². The van der Waals surface area contributed by atoms with Gasteiger partial charge in [0.15, 0.2) is 0 Å². The van der Waals surface area contributed by atoms with E-state index in [-0.39, 0.29) is 17.2 Å². The van der Waals surface area contributed by atoms with Crippen LogP contribution in [0.4, 0.5) is 10.5 Å². The normalized spacial score (nSPS) is 15.2. The van der Waals surface area contributed by atoms with E-state index in [0.717, 1.165) is 28.0 Å². The number of non-ortho nitro benzene ring substituents is 1. The molecule has 2 aromatic rings. The predicted molar refractivity (Wildman–Crippen MR) is 111 cm³/mol. The van der Waals surface area contributed by atoms with Crippen LogP contribution in [-0.2, 0) is 14.3 Å². The number of esters is 1. The number of thioether (sulfide) groups is 1. The molecule has 10 heteroatoms. The smallest absolute Gasteiger partial charge is 0.326 e. The Hall–Kier alpha value is -3.40. The number of nitrogens with zero attached hydrogens (tertiary/aromatic N) is 3. The summed E-state index contributed by atoms with van der Waals surface area (Å²) in [6, 6.07) is 8.07. The van der Waals surface area contributed by atoms with E-state index in [1.54, 1.807) is 25.1 Å². The number of nitro groups is 1. The molecule has 0 saturated carbocycles. The van der Waals surface area contributed by atoms with Gasteiger partial charge in [0, 0.05) is 23.5 Å². The minimum Gasteiger partial charge on any atom is -0.465 e. The van der Waals surface area contributed by atoms with Gasteiger partial charge in [0.05, 0.1) is 22.1 Å². The summed E-state index contributed by atoms with van der Waals surface area (Å²) in [7, 11) is 0. The maximum Gasteiger partial charge on any atom is 0.326 e. The van der Waals surface area contributed by atoms with Crippen molar-refractivity contribution in [3.63, 3.8) is 0 Å². The fraction of sp³-hybridized carbons (Fsp3) is 0.250. The van der Waals surface area contributed by atoms with Crippen LogP contribution in [0.25, 0.3) is 11.8 Å². The molecule has 9 nitrogen and oxygen atoms in total. The number of nitro benzene ring substituents is 1. The fourth-order valence-corrected chi connectivity index (χ4v) is 4.02. The largest absolute Gasteiger partial charge is 0.465 e. The number of amides is 2. The van der Waals surface area contributed by atoms with Gasteiger partial charge in [0.25, 0.3) is 16.8 Å². The maximum absolute atomic E-state index is 12.6. The standard InChI is InChI=1S/C20H19N3O6S/c1-4-29-18(24)11-21-19(25)17(30-20(21)26)9-14-8-12(2)22(13(14)3)15-6-5-7-16(10-15)23(27)28/h5-10H,4,11H2,1-3H3. The molecule has 3 rings (SSSR count). The third-order valence-corrected chi connectivity index (χ3v) is 5.43. The van der Waals surface area contributed by atoms with Gasteiger partial charge < -0.3 is 9.30 Å². The Kier molecular flexibility index (Phi) is 6.06. The zero-order valence-corrected chi connectivity index (χ0v) is 17.4. The van der Waals surface area contributed by atoms with Crippen LogP contribution in [-0.4, -0.2) is 44.7 Å². The average Bonchev–Trinajstić information content (AvgIpc) is 3.12. The molecule has 1 saturated heterocycles. The van der Waals surface area contributed by atoms with Crippen molar-refractivity contribution < 1.29 is 24.0 Å². The van der Waals surface area contributed by atoms with E-state index in [9.17, 15) is 24.5 Å². The highest BCUT2D eigenvalue weighted by Crippen LogP contribution is 2.34. The fourth-order valence-electron chi connectivity index (χ4n) is 3.19. The Labute approximate surface area is 176 Å². The van der Waals surface area contributed by atoms with Crippen molar-refractivity contribution in [3.05, 3.63) is 62.3 Å². The molecular weight excluding hydrogens is 410 g/mol. The highest BCUT2D eigenvalue weighted by molar-refractivity contribution is 8.18. The lowest BCUT2D eigenvalue weighted by atomic mass is 10.2. The Bertz CT molecular complexity index is 1090. The lowest BCUT2D eigenvalue weighted by molar-refractivity contribution is -0.384. The first-order valence-electron chi connectivity index (χ1n) is 9.07. The van der Waals surface area contributed by atoms with Gasteiger partial charge in [-0.3, -0.25) is 29.4 Å². The molecule has 1 aliphatic heterocycles. The Morgan fingerprint density at radius 2 is 2.00 bits per heavy atom. The number of aryl methyl sites for hydroxylation is 1. The van der Waals surface area contributed by atoms with Crippen LogP contribution in [0.5, 0.6) is 0 Å². The van der Waals surface area contributed by atoms with Crippen molar-refractivity contribution in [3.8, 4) is 5.69 Å². The highest BCUT2D eigenvalue weighted by atomic mass is 32.2. The van der Waals surface area contributed by atoms with Crippen LogP contribution < -0.4 is 0 Å². The van der Waals surface area contributed by atoms with Crippen LogP contribution >= 0.6 is 11.8 Å². The van der Waals surface area contributed by atoms with Crippen molar-refractivity contribution in [2.75, 3.05) is 13.2 Å². The van der Waals surface area contributed by atoms with E-state index in [4.69, 9.17) is 4.74 Å². The predicted octanol–water partition coefficient (Wildman–Crippen LogP) is 3.60. The molecule has 0 N–H and O–H groups in total. The summed E-state index contributed by atoms with van der Waals surface area (Å²) in [6.45, 7) is 5.04. The number of hydrogen-bond acceptors (Lipinski definition) is 7. The highest BCUT2D eigenvalue weighted by Gasteiger charge is 2.36. The molecule has 0 spiro atoms. The average molecular weight is 429 g/mol. The van der Waals surface area contributed by atoms with Gasteiger partial charge in [-0.2, -0.15) is 0 Å². The summed E-state index contributed by atoms with van der Waals surface area (Å²) in [6.07, 6.45) is 1.59. The molecule has 1 aliphatic rings. The lowest BCUT2D eigenvalue weighted by Gasteiger charge is -2.10. The first-order chi connectivity index (χ1) is 14.2. The second-order valence-electron chi connectivity index (χ2n) is 6.51. The zero-order valence-electron chi connectivity index (χ0n) is 16.6. The van der Waals surface area contributed by atoms with Gasteiger partial charge in [-0.05, 0) is 56.3 Å². The number of imide groups is 1. The summed E-state index contributed by atoms with van der Waals surface area (Å²) in [4.78, 5) is 48.1. The molecular formula is C20H19N3O6S. The minimum atomic E-state index is -0.648. The summed E-state index contributed by atoms with van der Waals surface area (Å²) >= 11 is 0.755. The van der Waals surface area contributed by atoms with Gasteiger partial charge in [0.2, 0.25) is 0 Å². The molecule has 2 amide bonds. The van der Waals surface area contributed by atoms with E-state index >= 15 is 0 Å². The first kappa shape index (κ1) is 21.3. The monoisotopic (exact) mass is 429 g/mol. The quantitative estimate of drug-likeness (QED) is 0.298. The number of ether oxygens (including phenoxy) is 1. The van der Waals surface area contributed by atoms with Crippen LogP contribution in [0.2, 0.25) is 0 Å². The summed E-state index contributed by atoms with van der Waals surface area (Å²) in [5.74, 6) is -1.21. The molecule has 0 unspecified atom stereocenters. The van der Waals surface area contributed by atoms with Crippen LogP contribution in [0, 0.1) is 24.0 Å². The minimum absolute atomic E-state index is 0.0263. The van der Waals surface area contributed by atoms with Crippen LogP contribution in [0.1, 0.15) is 23.9 Å². The molecule has 30 heavy (non-hydrogen) atoms. The van der Waals surface area contributed by atoms with E-state index in [0.29, 0.717) is 11.3 Å². The second kappa shape index (κ2) is 8.54. The second-order valence-corrected chi connectivity index (χ2v) is 7.50. The molecule has 1 fully saturated rings. The number of hydrogen-bond donors (Lipinski definition) is 0.